The van der Waals surface area contributed by atoms with Gasteiger partial charge in [0.1, 0.15) is 11.9 Å². The summed E-state index contributed by atoms with van der Waals surface area (Å²) in [5.41, 5.74) is 1.51. The second-order valence-corrected chi connectivity index (χ2v) is 7.64. The number of methoxy groups -OCH3 is 2. The van der Waals surface area contributed by atoms with Gasteiger partial charge in [0.05, 0.1) is 27.2 Å². The van der Waals surface area contributed by atoms with E-state index in [1.807, 2.05) is 12.1 Å². The van der Waals surface area contributed by atoms with Gasteiger partial charge in [0, 0.05) is 13.1 Å². The average Bonchev–Trinajstić information content (AvgIpc) is 3.02. The minimum Gasteiger partial charge on any atom is -0.493 e. The molecule has 1 saturated heterocycles. The van der Waals surface area contributed by atoms with Crippen LogP contribution in [0.5, 0.6) is 11.5 Å². The van der Waals surface area contributed by atoms with Gasteiger partial charge in [-0.1, -0.05) is 18.2 Å². The predicted molar refractivity (Wildman–Crippen MR) is 119 cm³/mol. The van der Waals surface area contributed by atoms with Crippen molar-refractivity contribution in [1.82, 2.24) is 15.1 Å². The van der Waals surface area contributed by atoms with Gasteiger partial charge < -0.3 is 19.7 Å². The Morgan fingerprint density at radius 2 is 1.70 bits per heavy atom. The van der Waals surface area contributed by atoms with Gasteiger partial charge in [-0.2, -0.15) is 0 Å². The summed E-state index contributed by atoms with van der Waals surface area (Å²) in [5, 5.41) is 2.68. The number of hydrogen-bond donors (Lipinski definition) is 1. The Morgan fingerprint density at radius 3 is 2.33 bits per heavy atom. The molecule has 1 heterocycles. The van der Waals surface area contributed by atoms with E-state index in [1.54, 1.807) is 27.2 Å². The number of benzene rings is 2. The molecule has 1 unspecified atom stereocenters. The lowest BCUT2D eigenvalue weighted by molar-refractivity contribution is -0.132. The number of hydrogen-bond acceptors (Lipinski definition) is 5. The topological polar surface area (TPSA) is 88.2 Å². The van der Waals surface area contributed by atoms with Crippen LogP contribution < -0.4 is 14.8 Å². The molecule has 9 heteroatoms. The third-order valence-corrected chi connectivity index (χ3v) is 5.50. The van der Waals surface area contributed by atoms with Gasteiger partial charge in [-0.05, 0) is 48.7 Å². The lowest BCUT2D eigenvalue weighted by Gasteiger charge is -2.22. The van der Waals surface area contributed by atoms with Gasteiger partial charge in [0.25, 0.3) is 5.91 Å². The third kappa shape index (κ3) is 5.60. The maximum absolute atomic E-state index is 13.2. The molecule has 4 amide bonds. The zero-order chi connectivity index (χ0) is 24.0. The summed E-state index contributed by atoms with van der Waals surface area (Å²) in [6.45, 7) is 2.47. The molecule has 176 valence electrons. The number of urea groups is 1. The van der Waals surface area contributed by atoms with Crippen molar-refractivity contribution in [3.05, 3.63) is 59.4 Å². The summed E-state index contributed by atoms with van der Waals surface area (Å²) in [6.07, 6.45) is 0.333. The molecule has 1 aliphatic rings. The lowest BCUT2D eigenvalue weighted by atomic mass is 10.1. The van der Waals surface area contributed by atoms with E-state index in [0.717, 1.165) is 10.5 Å². The molecule has 0 spiro atoms. The van der Waals surface area contributed by atoms with E-state index < -0.39 is 23.8 Å². The number of imide groups is 1. The molecule has 1 aliphatic heterocycles. The first kappa shape index (κ1) is 24.0. The maximum atomic E-state index is 13.2. The largest absolute Gasteiger partial charge is 0.493 e. The van der Waals surface area contributed by atoms with Crippen LogP contribution in [-0.4, -0.2) is 61.0 Å². The summed E-state index contributed by atoms with van der Waals surface area (Å²) in [5.74, 6) is 0.0127. The lowest BCUT2D eigenvalue weighted by Crippen LogP contribution is -2.40. The molecule has 2 aromatic rings. The molecule has 0 radical (unpaired) electrons. The van der Waals surface area contributed by atoms with Gasteiger partial charge >= 0.3 is 6.03 Å². The Kier molecular flexibility index (Phi) is 7.87. The molecular weight excluding hydrogens is 429 g/mol. The summed E-state index contributed by atoms with van der Waals surface area (Å²) in [7, 11) is 3.09. The van der Waals surface area contributed by atoms with Crippen LogP contribution in [0.25, 0.3) is 0 Å². The number of ether oxygens (including phenoxy) is 2. The quantitative estimate of drug-likeness (QED) is 0.555. The fourth-order valence-electron chi connectivity index (χ4n) is 3.79. The van der Waals surface area contributed by atoms with Crippen LogP contribution in [0.1, 0.15) is 24.5 Å². The molecule has 0 bridgehead atoms. The van der Waals surface area contributed by atoms with Crippen molar-refractivity contribution >= 4 is 17.8 Å². The molecule has 0 saturated carbocycles. The normalized spacial score (nSPS) is 15.7. The number of amides is 4. The van der Waals surface area contributed by atoms with E-state index in [-0.39, 0.29) is 25.4 Å². The predicted octanol–water partition coefficient (Wildman–Crippen LogP) is 2.74. The molecule has 33 heavy (non-hydrogen) atoms. The first-order chi connectivity index (χ1) is 15.9. The minimum atomic E-state index is -0.898. The Labute approximate surface area is 192 Å². The molecule has 0 aliphatic carbocycles. The highest BCUT2D eigenvalue weighted by Gasteiger charge is 2.45. The molecule has 1 fully saturated rings. The van der Waals surface area contributed by atoms with Crippen LogP contribution in [-0.2, 0) is 22.6 Å². The Bertz CT molecular complexity index is 1010. The zero-order valence-electron chi connectivity index (χ0n) is 19.0. The number of halogens is 1. The average molecular weight is 458 g/mol. The van der Waals surface area contributed by atoms with Crippen molar-refractivity contribution in [2.24, 2.45) is 0 Å². The Balaban J connectivity index is 1.79. The van der Waals surface area contributed by atoms with Crippen LogP contribution in [0, 0.1) is 5.82 Å². The van der Waals surface area contributed by atoms with Crippen molar-refractivity contribution in [2.45, 2.75) is 32.4 Å². The standard InChI is InChI=1S/C24H28FN3O5/c1-4-26-22(29)14-19-23(30)28(15-17-5-8-18(25)9-6-17)24(31)27(19)12-11-16-7-10-20(32-2)21(13-16)33-3/h5-10,13,19H,4,11-12,14-15H2,1-3H3,(H,26,29). The van der Waals surface area contributed by atoms with E-state index in [2.05, 4.69) is 5.32 Å². The summed E-state index contributed by atoms with van der Waals surface area (Å²) >= 11 is 0. The van der Waals surface area contributed by atoms with Gasteiger partial charge in [-0.3, -0.25) is 14.5 Å². The highest BCUT2D eigenvalue weighted by molar-refractivity contribution is 6.05. The second-order valence-electron chi connectivity index (χ2n) is 7.64. The smallest absolute Gasteiger partial charge is 0.327 e. The van der Waals surface area contributed by atoms with E-state index in [9.17, 15) is 18.8 Å². The first-order valence-corrected chi connectivity index (χ1v) is 10.7. The number of carbonyl (C=O) groups excluding carboxylic acids is 3. The van der Waals surface area contributed by atoms with Crippen molar-refractivity contribution < 1.29 is 28.2 Å². The first-order valence-electron chi connectivity index (χ1n) is 10.7. The van der Waals surface area contributed by atoms with Crippen LogP contribution in [0.3, 0.4) is 0 Å². The van der Waals surface area contributed by atoms with Crippen molar-refractivity contribution in [1.29, 1.82) is 0 Å². The highest BCUT2D eigenvalue weighted by atomic mass is 19.1. The molecule has 8 nitrogen and oxygen atoms in total. The van der Waals surface area contributed by atoms with E-state index in [0.29, 0.717) is 30.0 Å². The molecule has 3 rings (SSSR count). The minimum absolute atomic E-state index is 0.0106. The van der Waals surface area contributed by atoms with Gasteiger partial charge in [-0.15, -0.1) is 0 Å². The number of nitrogens with one attached hydrogen (secondary N) is 1. The Morgan fingerprint density at radius 1 is 1.03 bits per heavy atom. The molecule has 1 N–H and O–H groups in total. The van der Waals surface area contributed by atoms with Crippen molar-refractivity contribution in [3.63, 3.8) is 0 Å². The van der Waals surface area contributed by atoms with E-state index in [4.69, 9.17) is 9.47 Å². The van der Waals surface area contributed by atoms with Crippen LogP contribution in [0.15, 0.2) is 42.5 Å². The molecule has 1 atom stereocenters. The number of rotatable bonds is 10. The van der Waals surface area contributed by atoms with E-state index >= 15 is 0 Å². The van der Waals surface area contributed by atoms with Crippen molar-refractivity contribution in [2.75, 3.05) is 27.3 Å². The molecule has 0 aromatic heterocycles. The number of nitrogens with zero attached hydrogens (tertiary/aromatic N) is 2. The maximum Gasteiger partial charge on any atom is 0.327 e. The summed E-state index contributed by atoms with van der Waals surface area (Å²) < 4.78 is 23.8. The highest BCUT2D eigenvalue weighted by Crippen LogP contribution is 2.29. The monoisotopic (exact) mass is 457 g/mol. The van der Waals surface area contributed by atoms with Gasteiger partial charge in [0.2, 0.25) is 5.91 Å². The zero-order valence-corrected chi connectivity index (χ0v) is 19.0. The summed E-state index contributed by atoms with van der Waals surface area (Å²) in [6, 6.07) is 9.70. The van der Waals surface area contributed by atoms with Gasteiger partial charge in [-0.25, -0.2) is 9.18 Å². The summed E-state index contributed by atoms with van der Waals surface area (Å²) in [4.78, 5) is 41.0. The van der Waals surface area contributed by atoms with Crippen LogP contribution in [0.2, 0.25) is 0 Å². The Hall–Kier alpha value is -3.62. The van der Waals surface area contributed by atoms with E-state index in [1.165, 1.54) is 29.2 Å². The fraction of sp³-hybridized carbons (Fsp3) is 0.375. The number of carbonyl (C=O) groups is 3. The molecule has 2 aromatic carbocycles. The third-order valence-electron chi connectivity index (χ3n) is 5.50. The van der Waals surface area contributed by atoms with Crippen LogP contribution in [0.4, 0.5) is 9.18 Å². The van der Waals surface area contributed by atoms with Gasteiger partial charge in [0.15, 0.2) is 11.5 Å². The van der Waals surface area contributed by atoms with Crippen molar-refractivity contribution in [3.8, 4) is 11.5 Å². The SMILES string of the molecule is CCNC(=O)CC1C(=O)N(Cc2ccc(F)cc2)C(=O)N1CCc1ccc(OC)c(OC)c1. The fourth-order valence-corrected chi connectivity index (χ4v) is 3.79. The van der Waals surface area contributed by atoms with Crippen LogP contribution >= 0.6 is 0 Å². The molecular formula is C24H28FN3O5. The second kappa shape index (κ2) is 10.8.